The van der Waals surface area contributed by atoms with Crippen molar-refractivity contribution in [1.29, 1.82) is 0 Å². The van der Waals surface area contributed by atoms with Crippen LogP contribution >= 0.6 is 0 Å². The zero-order valence-electron chi connectivity index (χ0n) is 21.3. The van der Waals surface area contributed by atoms with Crippen LogP contribution in [0.4, 0.5) is 13.2 Å². The van der Waals surface area contributed by atoms with E-state index < -0.39 is 28.7 Å². The molecule has 3 fully saturated rings. The normalized spacial score (nSPS) is 32.0. The molecule has 40 heavy (non-hydrogen) atoms. The average Bonchev–Trinajstić information content (AvgIpc) is 3.17. The maximum atomic E-state index is 14.1. The van der Waals surface area contributed by atoms with Gasteiger partial charge in [0.1, 0.15) is 0 Å². The van der Waals surface area contributed by atoms with Crippen LogP contribution in [-0.4, -0.2) is 50.1 Å². The lowest BCUT2D eigenvalue weighted by atomic mass is 9.73. The number of hydrogen-bond donors (Lipinski definition) is 2. The molecular formula is C32H25F3N2O3. The first-order valence-corrected chi connectivity index (χ1v) is 13.4. The number of benzene rings is 3. The molecule has 1 saturated carbocycles. The van der Waals surface area contributed by atoms with Crippen LogP contribution < -0.4 is 0 Å². The van der Waals surface area contributed by atoms with E-state index in [4.69, 9.17) is 0 Å². The molecule has 3 aliphatic heterocycles. The molecule has 8 rings (SSSR count). The van der Waals surface area contributed by atoms with Gasteiger partial charge in [0, 0.05) is 24.4 Å². The summed E-state index contributed by atoms with van der Waals surface area (Å²) in [4.78, 5) is 18.0. The lowest BCUT2D eigenvalue weighted by Gasteiger charge is -2.57. The summed E-state index contributed by atoms with van der Waals surface area (Å²) in [6.45, 7) is 0.361. The minimum atomic E-state index is -4.47. The number of nitrogens with zero attached hydrogens (tertiary/aromatic N) is 2. The van der Waals surface area contributed by atoms with Crippen molar-refractivity contribution in [3.05, 3.63) is 119 Å². The summed E-state index contributed by atoms with van der Waals surface area (Å²) in [6.07, 6.45) is 1.53. The van der Waals surface area contributed by atoms with Crippen LogP contribution in [0.2, 0.25) is 0 Å². The number of halogens is 3. The number of carbonyl (C=O) groups is 1. The molecule has 2 saturated heterocycles. The minimum Gasteiger partial charge on any atom is -0.504 e. The van der Waals surface area contributed by atoms with E-state index >= 15 is 0 Å². The number of rotatable bonds is 4. The average molecular weight is 543 g/mol. The monoisotopic (exact) mass is 542 g/mol. The van der Waals surface area contributed by atoms with E-state index in [1.54, 1.807) is 23.1 Å². The molecule has 1 spiro atoms. The Morgan fingerprint density at radius 2 is 1.73 bits per heavy atom. The van der Waals surface area contributed by atoms with E-state index in [1.807, 2.05) is 12.1 Å². The molecule has 3 unspecified atom stereocenters. The summed E-state index contributed by atoms with van der Waals surface area (Å²) in [6, 6.07) is 18.8. The molecule has 0 aromatic heterocycles. The number of piperazine rings is 1. The van der Waals surface area contributed by atoms with Gasteiger partial charge in [-0.2, -0.15) is 13.2 Å². The van der Waals surface area contributed by atoms with E-state index in [1.165, 1.54) is 6.07 Å². The van der Waals surface area contributed by atoms with Crippen molar-refractivity contribution in [2.24, 2.45) is 11.3 Å². The second kappa shape index (κ2) is 7.57. The number of fused-ring (bicyclic) bond motifs is 4. The van der Waals surface area contributed by atoms with Crippen LogP contribution in [0, 0.1) is 11.3 Å². The highest BCUT2D eigenvalue weighted by Crippen LogP contribution is 2.83. The number of carbonyl (C=O) groups excluding carboxylic acids is 1. The fourth-order valence-corrected chi connectivity index (χ4v) is 8.17. The molecule has 8 heteroatoms. The molecule has 3 heterocycles. The van der Waals surface area contributed by atoms with E-state index in [-0.39, 0.29) is 35.9 Å². The van der Waals surface area contributed by atoms with Gasteiger partial charge < -0.3 is 15.1 Å². The van der Waals surface area contributed by atoms with Gasteiger partial charge in [-0.1, -0.05) is 60.7 Å². The van der Waals surface area contributed by atoms with Gasteiger partial charge in [0.15, 0.2) is 11.5 Å². The topological polar surface area (TPSA) is 64.0 Å². The van der Waals surface area contributed by atoms with Crippen molar-refractivity contribution in [1.82, 2.24) is 9.80 Å². The maximum Gasteiger partial charge on any atom is 0.416 e. The SMILES string of the molecule is O=C1[C@H]2N3[C@@H](CN1Cc1cccc(C(F)(F)F)c1)C1=CC34C(C=C(O)C(O)=C1)C24Cc1ccc2ccccc2c1. The Kier molecular flexibility index (Phi) is 4.51. The van der Waals surface area contributed by atoms with Crippen molar-refractivity contribution in [3.63, 3.8) is 0 Å². The fourth-order valence-electron chi connectivity index (χ4n) is 8.17. The zero-order chi connectivity index (χ0) is 27.6. The van der Waals surface area contributed by atoms with E-state index in [0.717, 1.165) is 34.0 Å². The van der Waals surface area contributed by atoms with Crippen molar-refractivity contribution in [3.8, 4) is 0 Å². The predicted octanol–water partition coefficient (Wildman–Crippen LogP) is 5.69. The quantitative estimate of drug-likeness (QED) is 0.445. The first-order chi connectivity index (χ1) is 19.1. The number of hydrogen-bond acceptors (Lipinski definition) is 4. The molecule has 5 atom stereocenters. The zero-order valence-corrected chi connectivity index (χ0v) is 21.3. The lowest BCUT2D eigenvalue weighted by Crippen LogP contribution is -2.74. The molecule has 202 valence electrons. The smallest absolute Gasteiger partial charge is 0.416 e. The summed E-state index contributed by atoms with van der Waals surface area (Å²) in [5.41, 5.74) is 0.609. The second-order valence-corrected chi connectivity index (χ2v) is 11.7. The first kappa shape index (κ1) is 23.8. The van der Waals surface area contributed by atoms with Crippen LogP contribution in [-0.2, 0) is 23.9 Å². The van der Waals surface area contributed by atoms with Gasteiger partial charge in [-0.05, 0) is 58.2 Å². The number of aliphatic hydroxyl groups is 2. The van der Waals surface area contributed by atoms with Crippen LogP contribution in [0.3, 0.4) is 0 Å². The Hall–Kier alpha value is -4.04. The third kappa shape index (κ3) is 2.89. The summed E-state index contributed by atoms with van der Waals surface area (Å²) >= 11 is 0. The molecule has 2 aliphatic carbocycles. The van der Waals surface area contributed by atoms with Crippen molar-refractivity contribution in [2.75, 3.05) is 6.54 Å². The van der Waals surface area contributed by atoms with E-state index in [0.29, 0.717) is 18.5 Å². The van der Waals surface area contributed by atoms with E-state index in [9.17, 15) is 28.2 Å². The fraction of sp³-hybridized carbons (Fsp3) is 0.281. The summed E-state index contributed by atoms with van der Waals surface area (Å²) in [5, 5.41) is 23.5. The van der Waals surface area contributed by atoms with Crippen LogP contribution in [0.5, 0.6) is 0 Å². The Morgan fingerprint density at radius 3 is 2.52 bits per heavy atom. The van der Waals surface area contributed by atoms with Gasteiger partial charge in [0.25, 0.3) is 0 Å². The van der Waals surface area contributed by atoms with E-state index in [2.05, 4.69) is 41.3 Å². The Bertz CT molecular complexity index is 1730. The van der Waals surface area contributed by atoms with Crippen molar-refractivity contribution in [2.45, 2.75) is 36.8 Å². The highest BCUT2D eigenvalue weighted by molar-refractivity contribution is 5.91. The van der Waals surface area contributed by atoms with Crippen LogP contribution in [0.15, 0.2) is 102 Å². The Morgan fingerprint density at radius 1 is 0.925 bits per heavy atom. The van der Waals surface area contributed by atoms with Crippen molar-refractivity contribution < 1.29 is 28.2 Å². The molecule has 5 aliphatic rings. The largest absolute Gasteiger partial charge is 0.504 e. The Labute approximate surface area is 228 Å². The van der Waals surface area contributed by atoms with Crippen LogP contribution in [0.1, 0.15) is 16.7 Å². The number of amides is 1. The molecular weight excluding hydrogens is 517 g/mol. The number of alkyl halides is 3. The first-order valence-electron chi connectivity index (χ1n) is 13.4. The molecule has 1 amide bonds. The highest BCUT2D eigenvalue weighted by Gasteiger charge is 2.93. The standard InChI is InChI=1S/C32H25F3N2O3/c33-32(34,35)23-7-3-4-19(11-23)16-36-17-24-22-12-25(38)26(39)13-27-30(28(29(36)40)37(24)31(27,30)15-22)14-18-8-9-20-5-1-2-6-21(20)10-18/h1-13,15,24,27-28,38-39H,14,16-17H2/t24-,27?,28+,30?,31?/m0/s1. The molecule has 3 aromatic carbocycles. The molecule has 5 nitrogen and oxygen atoms in total. The minimum absolute atomic E-state index is 0.0668. The van der Waals surface area contributed by atoms with Crippen LogP contribution in [0.25, 0.3) is 10.8 Å². The third-order valence-electron chi connectivity index (χ3n) is 9.76. The summed E-state index contributed by atoms with van der Waals surface area (Å²) in [5.74, 6) is -0.697. The molecule has 3 aromatic rings. The van der Waals surface area contributed by atoms with Gasteiger partial charge in [-0.15, -0.1) is 0 Å². The van der Waals surface area contributed by atoms with Gasteiger partial charge in [-0.25, -0.2) is 0 Å². The van der Waals surface area contributed by atoms with Crippen molar-refractivity contribution >= 4 is 16.7 Å². The Balaban J connectivity index is 1.20. The molecule has 0 radical (unpaired) electrons. The number of aliphatic hydroxyl groups excluding tert-OH is 2. The van der Waals surface area contributed by atoms with Gasteiger partial charge in [0.05, 0.1) is 23.2 Å². The predicted molar refractivity (Wildman–Crippen MR) is 142 cm³/mol. The van der Waals surface area contributed by atoms with Gasteiger partial charge >= 0.3 is 6.18 Å². The van der Waals surface area contributed by atoms with Gasteiger partial charge in [0.2, 0.25) is 5.91 Å². The molecule has 2 bridgehead atoms. The maximum absolute atomic E-state index is 14.1. The second-order valence-electron chi connectivity index (χ2n) is 11.7. The molecule has 2 N–H and O–H groups in total. The third-order valence-corrected chi connectivity index (χ3v) is 9.76. The highest BCUT2D eigenvalue weighted by atomic mass is 19.4. The lowest BCUT2D eigenvalue weighted by molar-refractivity contribution is -0.164. The summed E-state index contributed by atoms with van der Waals surface area (Å²) < 4.78 is 40.1. The summed E-state index contributed by atoms with van der Waals surface area (Å²) in [7, 11) is 0. The van der Waals surface area contributed by atoms with Gasteiger partial charge in [-0.3, -0.25) is 9.69 Å².